The molecule has 0 atom stereocenters. The van der Waals surface area contributed by atoms with E-state index >= 15 is 0 Å². The van der Waals surface area contributed by atoms with Crippen LogP contribution < -0.4 is 10.2 Å². The molecule has 1 saturated heterocycles. The van der Waals surface area contributed by atoms with E-state index in [-0.39, 0.29) is 118 Å². The largest absolute Gasteiger partial charge is 3.00 e. The topological polar surface area (TPSA) is 208 Å². The maximum atomic E-state index is 11.1. The standard InChI is InChI=1S/C16H28N4O8.Gd.H2O2/c21-13(22)9-17-1-2-18(10-14(23)24)5-6-20(12-16(27)28)8-7-19(4-3-17)11-15(25)26;;1-2/h1-12H2,(H,21,22)(H,23,24)(H,25,26)(H,27,28);;1-2H/q;+3;/p-2. The maximum absolute atomic E-state index is 11.1. The molecule has 14 nitrogen and oxygen atoms in total. The van der Waals surface area contributed by atoms with Crippen LogP contribution in [0.4, 0.5) is 0 Å². The van der Waals surface area contributed by atoms with Crippen LogP contribution in [0, 0.1) is 39.9 Å². The second kappa shape index (κ2) is 18.5. The van der Waals surface area contributed by atoms with Crippen LogP contribution in [0.3, 0.4) is 0 Å². The predicted molar refractivity (Wildman–Crippen MR) is 96.3 cm³/mol. The van der Waals surface area contributed by atoms with Gasteiger partial charge in [0.1, 0.15) is 0 Å². The third kappa shape index (κ3) is 17.2. The van der Waals surface area contributed by atoms with Crippen LogP contribution >= 0.6 is 0 Å². The zero-order chi connectivity index (χ0) is 23.1. The van der Waals surface area contributed by atoms with Crippen LogP contribution in [-0.4, -0.2) is 143 Å². The van der Waals surface area contributed by atoms with Crippen molar-refractivity contribution in [1.82, 2.24) is 19.6 Å². The Morgan fingerprint density at radius 3 is 0.903 bits per heavy atom. The maximum Gasteiger partial charge on any atom is 3.00 e. The molecule has 0 aromatic heterocycles. The molecule has 1 radical (unpaired) electrons. The first-order valence-corrected chi connectivity index (χ1v) is 9.08. The SMILES string of the molecule is O=C([O-])CN1CCN(CC(=O)[O-])CCN(CC(=O)O)CCN(CC(=O)O)CC1.OO.[Gd+3]. The number of carbonyl (C=O) groups excluding carboxylic acids is 2. The minimum atomic E-state index is -1.28. The number of nitrogens with zero attached hydrogens (tertiary/aromatic N) is 4. The quantitative estimate of drug-likeness (QED) is 0.153. The Morgan fingerprint density at radius 2 is 0.742 bits per heavy atom. The summed E-state index contributed by atoms with van der Waals surface area (Å²) in [6.45, 7) is 0.839. The number of carboxylic acid groups (broad SMARTS) is 4. The van der Waals surface area contributed by atoms with Gasteiger partial charge in [0.25, 0.3) is 0 Å². The van der Waals surface area contributed by atoms with Crippen LogP contribution in [-0.2, 0) is 19.2 Å². The summed E-state index contributed by atoms with van der Waals surface area (Å²) in [5.74, 6) is -4.64. The van der Waals surface area contributed by atoms with E-state index in [9.17, 15) is 29.4 Å². The van der Waals surface area contributed by atoms with Gasteiger partial charge >= 0.3 is 51.9 Å². The third-order valence-electron chi connectivity index (χ3n) is 4.35. The Hall–Kier alpha value is -1.04. The summed E-state index contributed by atoms with van der Waals surface area (Å²) >= 11 is 0. The molecule has 1 aliphatic heterocycles. The van der Waals surface area contributed by atoms with Crippen molar-refractivity contribution >= 4 is 23.9 Å². The van der Waals surface area contributed by atoms with Gasteiger partial charge in [-0.3, -0.25) is 39.7 Å². The summed E-state index contributed by atoms with van der Waals surface area (Å²) in [6.07, 6.45) is 0. The molecular formula is C16H28GdN4O10+. The van der Waals surface area contributed by atoms with E-state index in [4.69, 9.17) is 20.7 Å². The number of carboxylic acids is 4. The molecule has 0 spiro atoms. The van der Waals surface area contributed by atoms with E-state index in [1.165, 1.54) is 0 Å². The van der Waals surface area contributed by atoms with Gasteiger partial charge in [0.05, 0.1) is 25.0 Å². The fourth-order valence-corrected chi connectivity index (χ4v) is 2.96. The number of rotatable bonds is 8. The number of hydrogen-bond donors (Lipinski definition) is 4. The van der Waals surface area contributed by atoms with Crippen LogP contribution in [0.1, 0.15) is 0 Å². The van der Waals surface area contributed by atoms with Gasteiger partial charge in [-0.2, -0.15) is 0 Å². The summed E-state index contributed by atoms with van der Waals surface area (Å²) in [5.41, 5.74) is 0. The summed E-state index contributed by atoms with van der Waals surface area (Å²) < 4.78 is 0. The van der Waals surface area contributed by atoms with Crippen molar-refractivity contribution in [3.8, 4) is 0 Å². The first-order valence-electron chi connectivity index (χ1n) is 9.08. The van der Waals surface area contributed by atoms with Gasteiger partial charge in [0.2, 0.25) is 0 Å². The molecule has 0 saturated carbocycles. The van der Waals surface area contributed by atoms with Crippen molar-refractivity contribution in [3.63, 3.8) is 0 Å². The summed E-state index contributed by atoms with van der Waals surface area (Å²) in [4.78, 5) is 50.4. The van der Waals surface area contributed by atoms with Gasteiger partial charge in [-0.25, -0.2) is 0 Å². The van der Waals surface area contributed by atoms with Crippen molar-refractivity contribution in [1.29, 1.82) is 0 Å². The van der Waals surface area contributed by atoms with Crippen molar-refractivity contribution in [2.75, 3.05) is 78.5 Å². The Morgan fingerprint density at radius 1 is 0.548 bits per heavy atom. The second-order valence-corrected chi connectivity index (χ2v) is 6.64. The summed E-state index contributed by atoms with van der Waals surface area (Å²) in [7, 11) is 0. The molecule has 1 heterocycles. The van der Waals surface area contributed by atoms with Gasteiger partial charge in [-0.1, -0.05) is 0 Å². The van der Waals surface area contributed by atoms with Crippen LogP contribution in [0.25, 0.3) is 0 Å². The molecule has 0 bridgehead atoms. The Bertz CT molecular complexity index is 457. The zero-order valence-electron chi connectivity index (χ0n) is 16.9. The molecule has 179 valence electrons. The number of carbonyl (C=O) groups is 4. The fraction of sp³-hybridized carbons (Fsp3) is 0.750. The number of aliphatic carboxylic acids is 4. The molecule has 31 heavy (non-hydrogen) atoms. The number of hydrogen-bond acceptors (Lipinski definition) is 12. The average Bonchev–Trinajstić information content (AvgIpc) is 2.64. The van der Waals surface area contributed by atoms with Gasteiger partial charge < -0.3 is 30.0 Å². The Balaban J connectivity index is 0. The first-order chi connectivity index (χ1) is 14.2. The monoisotopic (exact) mass is 594 g/mol. The molecule has 0 unspecified atom stereocenters. The Labute approximate surface area is 211 Å². The molecule has 4 N–H and O–H groups in total. The van der Waals surface area contributed by atoms with Gasteiger partial charge in [0, 0.05) is 65.4 Å². The molecule has 0 aromatic rings. The van der Waals surface area contributed by atoms with Crippen LogP contribution in [0.15, 0.2) is 0 Å². The fourth-order valence-electron chi connectivity index (χ4n) is 2.96. The second-order valence-electron chi connectivity index (χ2n) is 6.64. The van der Waals surface area contributed by atoms with Crippen molar-refractivity contribution < 1.29 is 90.1 Å². The minimum Gasteiger partial charge on any atom is -0.549 e. The molecule has 1 aliphatic rings. The third-order valence-corrected chi connectivity index (χ3v) is 4.35. The van der Waals surface area contributed by atoms with E-state index in [0.29, 0.717) is 0 Å². The normalized spacial score (nSPS) is 17.7. The zero-order valence-corrected chi connectivity index (χ0v) is 19.1. The van der Waals surface area contributed by atoms with E-state index in [1.807, 2.05) is 0 Å². The minimum absolute atomic E-state index is 0. The average molecular weight is 594 g/mol. The van der Waals surface area contributed by atoms with Gasteiger partial charge in [-0.15, -0.1) is 0 Å². The van der Waals surface area contributed by atoms with E-state index < -0.39 is 23.9 Å². The van der Waals surface area contributed by atoms with E-state index in [0.717, 1.165) is 0 Å². The Kier molecular flexibility index (Phi) is 19.2. The molecule has 0 amide bonds. The predicted octanol–water partition coefficient (Wildman–Crippen LogP) is -5.11. The summed E-state index contributed by atoms with van der Waals surface area (Å²) in [5, 5.41) is 52.1. The molecule has 0 aromatic carbocycles. The van der Waals surface area contributed by atoms with Crippen molar-refractivity contribution in [3.05, 3.63) is 0 Å². The van der Waals surface area contributed by atoms with Crippen LogP contribution in [0.2, 0.25) is 0 Å². The van der Waals surface area contributed by atoms with Gasteiger partial charge in [-0.05, 0) is 0 Å². The van der Waals surface area contributed by atoms with Crippen molar-refractivity contribution in [2.24, 2.45) is 0 Å². The van der Waals surface area contributed by atoms with Crippen molar-refractivity contribution in [2.45, 2.75) is 0 Å². The first kappa shape index (κ1) is 32.1. The molecule has 0 aliphatic carbocycles. The van der Waals surface area contributed by atoms with Crippen LogP contribution in [0.5, 0.6) is 0 Å². The smallest absolute Gasteiger partial charge is 0.549 e. The molecular weight excluding hydrogens is 565 g/mol. The van der Waals surface area contributed by atoms with E-state index in [2.05, 4.69) is 0 Å². The summed E-state index contributed by atoms with van der Waals surface area (Å²) in [6, 6.07) is 0. The van der Waals surface area contributed by atoms with Gasteiger partial charge in [0.15, 0.2) is 0 Å². The molecule has 1 rings (SSSR count). The molecule has 15 heteroatoms. The van der Waals surface area contributed by atoms with E-state index in [1.54, 1.807) is 19.6 Å². The molecule has 1 fully saturated rings.